The number of guanidine groups is 1. The Morgan fingerprint density at radius 3 is 2.79 bits per heavy atom. The lowest BCUT2D eigenvalue weighted by Crippen LogP contribution is -2.46. The second-order valence-electron chi connectivity index (χ2n) is 5.75. The summed E-state index contributed by atoms with van der Waals surface area (Å²) in [6, 6.07) is 8.06. The summed E-state index contributed by atoms with van der Waals surface area (Å²) in [5.41, 5.74) is 1.12. The number of nitrogens with one attached hydrogen (secondary N) is 1. The molecule has 0 unspecified atom stereocenters. The van der Waals surface area contributed by atoms with Gasteiger partial charge in [0.05, 0.1) is 6.10 Å². The van der Waals surface area contributed by atoms with Gasteiger partial charge in [0.25, 0.3) is 0 Å². The van der Waals surface area contributed by atoms with Crippen molar-refractivity contribution in [2.24, 2.45) is 4.99 Å². The van der Waals surface area contributed by atoms with Crippen LogP contribution in [0.1, 0.15) is 25.3 Å². The molecule has 0 spiro atoms. The standard InChI is InChI=1S/C19H29N3O2/c1-4-14-24-18-9-7-6-8-16(18)15-21-19(20-3)22-12-10-17(11-13-22)23-5-2/h4,6-9,17H,1,5,10-15H2,2-3H3,(H,20,21). The van der Waals surface area contributed by atoms with Crippen molar-refractivity contribution in [3.8, 4) is 5.75 Å². The lowest BCUT2D eigenvalue weighted by atomic mass is 10.1. The fourth-order valence-corrected chi connectivity index (χ4v) is 2.92. The van der Waals surface area contributed by atoms with Crippen LogP contribution >= 0.6 is 0 Å². The summed E-state index contributed by atoms with van der Waals surface area (Å²) < 4.78 is 11.4. The number of ether oxygens (including phenoxy) is 2. The van der Waals surface area contributed by atoms with Gasteiger partial charge in [-0.3, -0.25) is 4.99 Å². The van der Waals surface area contributed by atoms with Gasteiger partial charge in [-0.25, -0.2) is 0 Å². The predicted molar refractivity (Wildman–Crippen MR) is 98.6 cm³/mol. The molecular formula is C19H29N3O2. The van der Waals surface area contributed by atoms with Crippen molar-refractivity contribution in [1.29, 1.82) is 0 Å². The first-order chi connectivity index (χ1) is 11.8. The van der Waals surface area contributed by atoms with E-state index >= 15 is 0 Å². The Morgan fingerprint density at radius 2 is 2.12 bits per heavy atom. The van der Waals surface area contributed by atoms with Crippen molar-refractivity contribution >= 4 is 5.96 Å². The van der Waals surface area contributed by atoms with Gasteiger partial charge in [-0.2, -0.15) is 0 Å². The van der Waals surface area contributed by atoms with Gasteiger partial charge >= 0.3 is 0 Å². The molecule has 0 aliphatic carbocycles. The number of benzene rings is 1. The molecule has 5 heteroatoms. The van der Waals surface area contributed by atoms with E-state index in [1.165, 1.54) is 0 Å². The van der Waals surface area contributed by atoms with Gasteiger partial charge in [0.1, 0.15) is 12.4 Å². The minimum absolute atomic E-state index is 0.386. The average molecular weight is 331 g/mol. The second-order valence-corrected chi connectivity index (χ2v) is 5.75. The van der Waals surface area contributed by atoms with Crippen molar-refractivity contribution in [1.82, 2.24) is 10.2 Å². The van der Waals surface area contributed by atoms with Crippen LogP contribution in [-0.2, 0) is 11.3 Å². The second kappa shape index (κ2) is 9.98. The first-order valence-corrected chi connectivity index (χ1v) is 8.67. The number of para-hydroxylation sites is 1. The van der Waals surface area contributed by atoms with Crippen molar-refractivity contribution in [3.05, 3.63) is 42.5 Å². The highest BCUT2D eigenvalue weighted by molar-refractivity contribution is 5.80. The number of aliphatic imine (C=N–C) groups is 1. The number of rotatable bonds is 7. The molecule has 1 aromatic carbocycles. The Balaban J connectivity index is 1.89. The molecule has 1 fully saturated rings. The highest BCUT2D eigenvalue weighted by Gasteiger charge is 2.21. The van der Waals surface area contributed by atoms with Crippen molar-refractivity contribution in [2.75, 3.05) is 33.4 Å². The van der Waals surface area contributed by atoms with Gasteiger partial charge in [0.2, 0.25) is 0 Å². The summed E-state index contributed by atoms with van der Waals surface area (Å²) in [4.78, 5) is 6.72. The summed E-state index contributed by atoms with van der Waals surface area (Å²) in [6.45, 7) is 9.68. The molecule has 24 heavy (non-hydrogen) atoms. The molecule has 1 saturated heterocycles. The molecule has 1 N–H and O–H groups in total. The fraction of sp³-hybridized carbons (Fsp3) is 0.526. The molecule has 2 rings (SSSR count). The van der Waals surface area contributed by atoms with E-state index < -0.39 is 0 Å². The van der Waals surface area contributed by atoms with Crippen LogP contribution in [0.25, 0.3) is 0 Å². The Kier molecular flexibility index (Phi) is 7.62. The number of nitrogens with zero attached hydrogens (tertiary/aromatic N) is 2. The van der Waals surface area contributed by atoms with Gasteiger partial charge in [-0.05, 0) is 25.8 Å². The molecule has 1 heterocycles. The van der Waals surface area contributed by atoms with Crippen molar-refractivity contribution < 1.29 is 9.47 Å². The van der Waals surface area contributed by atoms with Gasteiger partial charge < -0.3 is 19.7 Å². The van der Waals surface area contributed by atoms with E-state index in [1.807, 2.05) is 25.2 Å². The third-order valence-corrected chi connectivity index (χ3v) is 4.12. The largest absolute Gasteiger partial charge is 0.489 e. The Morgan fingerprint density at radius 1 is 1.38 bits per heavy atom. The zero-order valence-corrected chi connectivity index (χ0v) is 14.8. The third-order valence-electron chi connectivity index (χ3n) is 4.12. The van der Waals surface area contributed by atoms with Crippen LogP contribution < -0.4 is 10.1 Å². The Hall–Kier alpha value is -2.01. The van der Waals surface area contributed by atoms with E-state index in [1.54, 1.807) is 6.08 Å². The van der Waals surface area contributed by atoms with Crippen LogP contribution in [0.2, 0.25) is 0 Å². The molecule has 1 aliphatic heterocycles. The summed E-state index contributed by atoms with van der Waals surface area (Å²) in [6.07, 6.45) is 4.24. The SMILES string of the molecule is C=CCOc1ccccc1CNC(=NC)N1CCC(OCC)CC1. The first-order valence-electron chi connectivity index (χ1n) is 8.67. The zero-order valence-electron chi connectivity index (χ0n) is 14.8. The predicted octanol–water partition coefficient (Wildman–Crippen LogP) is 2.83. The van der Waals surface area contributed by atoms with Crippen molar-refractivity contribution in [2.45, 2.75) is 32.4 Å². The molecule has 1 aromatic rings. The number of piperidine rings is 1. The highest BCUT2D eigenvalue weighted by atomic mass is 16.5. The van der Waals surface area contributed by atoms with Gasteiger partial charge in [-0.15, -0.1) is 0 Å². The summed E-state index contributed by atoms with van der Waals surface area (Å²) in [5, 5.41) is 3.45. The van der Waals surface area contributed by atoms with Crippen LogP contribution in [-0.4, -0.2) is 50.3 Å². The third kappa shape index (κ3) is 5.27. The zero-order chi connectivity index (χ0) is 17.2. The van der Waals surface area contributed by atoms with Gasteiger partial charge in [-0.1, -0.05) is 30.9 Å². The molecule has 5 nitrogen and oxygen atoms in total. The molecule has 132 valence electrons. The smallest absolute Gasteiger partial charge is 0.193 e. The van der Waals surface area contributed by atoms with E-state index in [4.69, 9.17) is 9.47 Å². The molecule has 0 radical (unpaired) electrons. The van der Waals surface area contributed by atoms with Gasteiger partial charge in [0, 0.05) is 38.9 Å². The monoisotopic (exact) mass is 331 g/mol. The number of hydrogen-bond acceptors (Lipinski definition) is 3. The highest BCUT2D eigenvalue weighted by Crippen LogP contribution is 2.18. The van der Waals surface area contributed by atoms with Crippen LogP contribution in [0, 0.1) is 0 Å². The number of likely N-dealkylation sites (tertiary alicyclic amines) is 1. The van der Waals surface area contributed by atoms with Crippen LogP contribution in [0.5, 0.6) is 5.75 Å². The lowest BCUT2D eigenvalue weighted by Gasteiger charge is -2.34. The quantitative estimate of drug-likeness (QED) is 0.474. The van der Waals surface area contributed by atoms with Crippen LogP contribution in [0.4, 0.5) is 0 Å². The number of hydrogen-bond donors (Lipinski definition) is 1. The average Bonchev–Trinajstić information content (AvgIpc) is 2.63. The minimum atomic E-state index is 0.386. The minimum Gasteiger partial charge on any atom is -0.489 e. The molecule has 1 aliphatic rings. The molecule has 0 aromatic heterocycles. The Labute approximate surface area is 145 Å². The maximum atomic E-state index is 5.72. The van der Waals surface area contributed by atoms with E-state index in [2.05, 4.69) is 34.8 Å². The van der Waals surface area contributed by atoms with Crippen LogP contribution in [0.15, 0.2) is 41.9 Å². The Bertz CT molecular complexity index is 537. The molecule has 0 bridgehead atoms. The maximum absolute atomic E-state index is 5.72. The first kappa shape index (κ1) is 18.3. The lowest BCUT2D eigenvalue weighted by molar-refractivity contribution is 0.0263. The van der Waals surface area contributed by atoms with E-state index in [9.17, 15) is 0 Å². The van der Waals surface area contributed by atoms with Crippen LogP contribution in [0.3, 0.4) is 0 Å². The summed E-state index contributed by atoms with van der Waals surface area (Å²) in [7, 11) is 1.83. The summed E-state index contributed by atoms with van der Waals surface area (Å²) in [5.74, 6) is 1.82. The molecule has 0 atom stereocenters. The normalized spacial score (nSPS) is 16.1. The molecule has 0 amide bonds. The molecule has 0 saturated carbocycles. The van der Waals surface area contributed by atoms with E-state index in [-0.39, 0.29) is 0 Å². The van der Waals surface area contributed by atoms with Crippen molar-refractivity contribution in [3.63, 3.8) is 0 Å². The van der Waals surface area contributed by atoms with Gasteiger partial charge in [0.15, 0.2) is 5.96 Å². The van der Waals surface area contributed by atoms with E-state index in [0.717, 1.165) is 49.8 Å². The maximum Gasteiger partial charge on any atom is 0.193 e. The van der Waals surface area contributed by atoms with E-state index in [0.29, 0.717) is 19.3 Å². The topological polar surface area (TPSA) is 46.1 Å². The summed E-state index contributed by atoms with van der Waals surface area (Å²) >= 11 is 0. The fourth-order valence-electron chi connectivity index (χ4n) is 2.92. The molecular weight excluding hydrogens is 302 g/mol.